The highest BCUT2D eigenvalue weighted by molar-refractivity contribution is 6.11. The van der Waals surface area contributed by atoms with E-state index in [9.17, 15) is 14.4 Å². The van der Waals surface area contributed by atoms with Crippen LogP contribution in [0.15, 0.2) is 18.2 Å². The van der Waals surface area contributed by atoms with Crippen LogP contribution in [-0.2, 0) is 20.9 Å². The normalized spacial score (nSPS) is 22.0. The van der Waals surface area contributed by atoms with Crippen LogP contribution in [0.1, 0.15) is 38.4 Å². The van der Waals surface area contributed by atoms with Gasteiger partial charge in [-0.1, -0.05) is 12.8 Å². The van der Waals surface area contributed by atoms with Gasteiger partial charge in [-0.2, -0.15) is 0 Å². The molecule has 1 unspecified atom stereocenters. The summed E-state index contributed by atoms with van der Waals surface area (Å²) in [5.41, 5.74) is 1.39. The van der Waals surface area contributed by atoms with Crippen molar-refractivity contribution in [2.75, 3.05) is 31.6 Å². The molecule has 2 aliphatic heterocycles. The fourth-order valence-electron chi connectivity index (χ4n) is 4.86. The quantitative estimate of drug-likeness (QED) is 0.608. The molecule has 3 N–H and O–H groups in total. The van der Waals surface area contributed by atoms with Gasteiger partial charge in [0, 0.05) is 18.8 Å². The summed E-state index contributed by atoms with van der Waals surface area (Å²) < 4.78 is 5.38. The highest BCUT2D eigenvalue weighted by atomic mass is 16.5. The molecular formula is C22H28N6O4. The molecule has 3 heterocycles. The first kappa shape index (κ1) is 20.9. The van der Waals surface area contributed by atoms with Crippen molar-refractivity contribution in [1.29, 1.82) is 0 Å². The van der Waals surface area contributed by atoms with Crippen LogP contribution in [0.4, 0.5) is 10.5 Å². The van der Waals surface area contributed by atoms with Crippen LogP contribution in [0.25, 0.3) is 11.0 Å². The van der Waals surface area contributed by atoms with Gasteiger partial charge in [0.2, 0.25) is 5.91 Å². The van der Waals surface area contributed by atoms with E-state index in [0.717, 1.165) is 60.9 Å². The number of imide groups is 1. The Hall–Kier alpha value is -2.98. The maximum Gasteiger partial charge on any atom is 0.325 e. The topological polar surface area (TPSA) is 120 Å². The molecule has 1 aliphatic carbocycles. The summed E-state index contributed by atoms with van der Waals surface area (Å²) in [5.74, 6) is 0.162. The maximum atomic E-state index is 12.9. The van der Waals surface area contributed by atoms with Gasteiger partial charge in [0.05, 0.1) is 30.8 Å². The first-order valence-corrected chi connectivity index (χ1v) is 11.2. The predicted octanol–water partition coefficient (Wildman–Crippen LogP) is 1.59. The number of rotatable bonds is 5. The number of hydrogen-bond donors (Lipinski definition) is 3. The lowest BCUT2D eigenvalue weighted by Crippen LogP contribution is -2.48. The van der Waals surface area contributed by atoms with Crippen molar-refractivity contribution in [1.82, 2.24) is 25.1 Å². The molecule has 32 heavy (non-hydrogen) atoms. The van der Waals surface area contributed by atoms with E-state index in [0.29, 0.717) is 25.1 Å². The number of urea groups is 1. The van der Waals surface area contributed by atoms with Crippen LogP contribution < -0.4 is 10.6 Å². The molecule has 3 aliphatic rings. The number of hydrogen-bond acceptors (Lipinski definition) is 6. The van der Waals surface area contributed by atoms with Crippen LogP contribution in [0.2, 0.25) is 0 Å². The van der Waals surface area contributed by atoms with Crippen molar-refractivity contribution in [3.63, 3.8) is 0 Å². The van der Waals surface area contributed by atoms with Crippen molar-refractivity contribution >= 4 is 34.6 Å². The van der Waals surface area contributed by atoms with E-state index in [-0.39, 0.29) is 5.91 Å². The number of nitrogens with one attached hydrogen (secondary N) is 3. The summed E-state index contributed by atoms with van der Waals surface area (Å²) in [6, 6.07) is 4.04. The van der Waals surface area contributed by atoms with Gasteiger partial charge in [-0.3, -0.25) is 14.5 Å². The number of carbonyl (C=O) groups is 3. The van der Waals surface area contributed by atoms with E-state index < -0.39 is 23.5 Å². The number of carbonyl (C=O) groups excluding carboxylic acids is 3. The molecule has 10 nitrogen and oxygen atoms in total. The average Bonchev–Trinajstić information content (AvgIpc) is 3.46. The molecule has 5 rings (SSSR count). The van der Waals surface area contributed by atoms with E-state index in [1.54, 1.807) is 13.0 Å². The second-order valence-corrected chi connectivity index (χ2v) is 8.86. The fourth-order valence-corrected chi connectivity index (χ4v) is 4.86. The second kappa shape index (κ2) is 8.18. The minimum absolute atomic E-state index is 0.292. The van der Waals surface area contributed by atoms with E-state index in [1.165, 1.54) is 0 Å². The Morgan fingerprint density at radius 3 is 2.75 bits per heavy atom. The number of imidazole rings is 1. The largest absolute Gasteiger partial charge is 0.379 e. The number of aromatic amines is 1. The van der Waals surface area contributed by atoms with Crippen molar-refractivity contribution < 1.29 is 19.1 Å². The molecule has 1 saturated carbocycles. The van der Waals surface area contributed by atoms with Gasteiger partial charge in [-0.05, 0) is 38.0 Å². The second-order valence-electron chi connectivity index (χ2n) is 8.86. The van der Waals surface area contributed by atoms with E-state index >= 15 is 0 Å². The summed E-state index contributed by atoms with van der Waals surface area (Å²) in [6.07, 6.45) is 3.06. The summed E-state index contributed by atoms with van der Waals surface area (Å²) in [6.45, 7) is 5.50. The number of nitrogens with zero attached hydrogens (tertiary/aromatic N) is 3. The molecule has 0 bridgehead atoms. The molecule has 4 amide bonds. The van der Waals surface area contributed by atoms with Crippen LogP contribution in [0, 0.1) is 0 Å². The predicted molar refractivity (Wildman–Crippen MR) is 117 cm³/mol. The number of amides is 4. The molecular weight excluding hydrogens is 412 g/mol. The number of benzene rings is 1. The monoisotopic (exact) mass is 440 g/mol. The summed E-state index contributed by atoms with van der Waals surface area (Å²) in [5, 5.41) is 5.66. The number of ether oxygens (including phenoxy) is 1. The summed E-state index contributed by atoms with van der Waals surface area (Å²) in [7, 11) is 0. The molecule has 2 aromatic rings. The van der Waals surface area contributed by atoms with Gasteiger partial charge in [0.25, 0.3) is 5.91 Å². The molecule has 2 saturated heterocycles. The highest BCUT2D eigenvalue weighted by Crippen LogP contribution is 2.35. The lowest BCUT2D eigenvalue weighted by atomic mass is 9.97. The molecule has 1 aromatic carbocycles. The van der Waals surface area contributed by atoms with Gasteiger partial charge in [0.1, 0.15) is 17.4 Å². The Morgan fingerprint density at radius 2 is 2.00 bits per heavy atom. The zero-order chi connectivity index (χ0) is 22.3. The molecule has 3 fully saturated rings. The number of aromatic nitrogens is 2. The van der Waals surface area contributed by atoms with Gasteiger partial charge in [0.15, 0.2) is 0 Å². The number of anilines is 1. The van der Waals surface area contributed by atoms with Crippen molar-refractivity contribution in [2.45, 2.75) is 50.7 Å². The van der Waals surface area contributed by atoms with Crippen molar-refractivity contribution in [2.24, 2.45) is 0 Å². The smallest absolute Gasteiger partial charge is 0.325 e. The third kappa shape index (κ3) is 3.73. The standard InChI is InChI=1S/C22H28N6O4/c1-14(28-20(30)22(26-21(28)31)6-2-3-7-22)19(29)23-15-4-5-16-17(12-15)25-18(24-16)13-27-8-10-32-11-9-27/h4-5,12,14H,2-3,6-11,13H2,1H3,(H,23,29)(H,24,25)(H,26,31). The Labute approximate surface area is 185 Å². The zero-order valence-corrected chi connectivity index (χ0v) is 18.1. The van der Waals surface area contributed by atoms with Crippen LogP contribution in [-0.4, -0.2) is 75.5 Å². The fraction of sp³-hybridized carbons (Fsp3) is 0.545. The summed E-state index contributed by atoms with van der Waals surface area (Å²) in [4.78, 5) is 49.5. The Morgan fingerprint density at radius 1 is 1.25 bits per heavy atom. The molecule has 10 heteroatoms. The zero-order valence-electron chi connectivity index (χ0n) is 18.1. The lowest BCUT2D eigenvalue weighted by Gasteiger charge is -2.25. The van der Waals surface area contributed by atoms with Gasteiger partial charge >= 0.3 is 6.03 Å². The third-order valence-electron chi connectivity index (χ3n) is 6.69. The highest BCUT2D eigenvalue weighted by Gasteiger charge is 2.54. The SMILES string of the molecule is CC(C(=O)Nc1ccc2nc(CN3CCOCC3)[nH]c2c1)N1C(=O)NC2(CCCC2)C1=O. The minimum Gasteiger partial charge on any atom is -0.379 e. The Kier molecular flexibility index (Phi) is 5.34. The third-order valence-corrected chi connectivity index (χ3v) is 6.69. The van der Waals surface area contributed by atoms with Crippen LogP contribution in [0.3, 0.4) is 0 Å². The minimum atomic E-state index is -0.906. The molecule has 1 atom stereocenters. The van der Waals surface area contributed by atoms with Gasteiger partial charge < -0.3 is 20.4 Å². The van der Waals surface area contributed by atoms with E-state index in [2.05, 4.69) is 25.5 Å². The number of H-pyrrole nitrogens is 1. The lowest BCUT2D eigenvalue weighted by molar-refractivity contribution is -0.136. The Balaban J connectivity index is 1.27. The maximum absolute atomic E-state index is 12.9. The van der Waals surface area contributed by atoms with Crippen molar-refractivity contribution in [3.8, 4) is 0 Å². The van der Waals surface area contributed by atoms with E-state index in [4.69, 9.17) is 4.74 Å². The Bertz CT molecular complexity index is 1050. The molecule has 170 valence electrons. The number of fused-ring (bicyclic) bond motifs is 1. The first-order chi connectivity index (χ1) is 15.4. The summed E-state index contributed by atoms with van der Waals surface area (Å²) >= 11 is 0. The van der Waals surface area contributed by atoms with Crippen molar-refractivity contribution in [3.05, 3.63) is 24.0 Å². The van der Waals surface area contributed by atoms with Crippen LogP contribution >= 0.6 is 0 Å². The molecule has 0 radical (unpaired) electrons. The molecule has 1 spiro atoms. The average molecular weight is 441 g/mol. The number of morpholine rings is 1. The van der Waals surface area contributed by atoms with Gasteiger partial charge in [-0.15, -0.1) is 0 Å². The van der Waals surface area contributed by atoms with Crippen LogP contribution in [0.5, 0.6) is 0 Å². The molecule has 1 aromatic heterocycles. The van der Waals surface area contributed by atoms with Gasteiger partial charge in [-0.25, -0.2) is 14.7 Å². The first-order valence-electron chi connectivity index (χ1n) is 11.2. The van der Waals surface area contributed by atoms with E-state index in [1.807, 2.05) is 12.1 Å².